The third-order valence-electron chi connectivity index (χ3n) is 8.77. The number of rotatable bonds is 11. The molecule has 1 atom stereocenters. The first-order valence-corrected chi connectivity index (χ1v) is 16.1. The number of aromatic nitrogens is 3. The lowest BCUT2D eigenvalue weighted by molar-refractivity contribution is 0.795. The van der Waals surface area contributed by atoms with E-state index in [0.717, 1.165) is 73.1 Å². The number of nitrogens with zero attached hydrogens (tertiary/aromatic N) is 4. The lowest BCUT2D eigenvalue weighted by Gasteiger charge is -2.32. The second kappa shape index (κ2) is 13.6. The minimum absolute atomic E-state index is 0.00983. The van der Waals surface area contributed by atoms with E-state index < -0.39 is 0 Å². The van der Waals surface area contributed by atoms with E-state index in [1.165, 1.54) is 0 Å². The van der Waals surface area contributed by atoms with Crippen LogP contribution in [0.4, 0.5) is 11.4 Å². The van der Waals surface area contributed by atoms with Crippen LogP contribution in [0, 0.1) is 0 Å². The van der Waals surface area contributed by atoms with Gasteiger partial charge >= 0.3 is 0 Å². The maximum Gasteiger partial charge on any atom is 0.0708 e. The van der Waals surface area contributed by atoms with E-state index in [1.54, 1.807) is 6.20 Å². The Morgan fingerprint density at radius 1 is 0.646 bits per heavy atom. The molecular weight excluding hydrogens is 585 g/mol. The van der Waals surface area contributed by atoms with E-state index in [2.05, 4.69) is 156 Å². The van der Waals surface area contributed by atoms with Crippen molar-refractivity contribution in [1.29, 1.82) is 0 Å². The lowest BCUT2D eigenvalue weighted by atomic mass is 10.0. The van der Waals surface area contributed by atoms with Crippen LogP contribution in [0.25, 0.3) is 62.4 Å². The van der Waals surface area contributed by atoms with E-state index in [9.17, 15) is 0 Å². The van der Waals surface area contributed by atoms with Gasteiger partial charge in [-0.15, -0.1) is 6.58 Å². The molecule has 4 nitrogen and oxygen atoms in total. The van der Waals surface area contributed by atoms with Crippen molar-refractivity contribution in [1.82, 2.24) is 14.5 Å². The first kappa shape index (κ1) is 30.4. The Morgan fingerprint density at radius 3 is 1.85 bits per heavy atom. The van der Waals surface area contributed by atoms with Gasteiger partial charge in [0.25, 0.3) is 0 Å². The van der Waals surface area contributed by atoms with Crippen molar-refractivity contribution in [2.75, 3.05) is 4.90 Å². The predicted octanol–water partition coefficient (Wildman–Crippen LogP) is 11.5. The van der Waals surface area contributed by atoms with Crippen molar-refractivity contribution in [3.05, 3.63) is 177 Å². The minimum atomic E-state index is 0.00983. The fourth-order valence-corrected chi connectivity index (χ4v) is 6.22. The van der Waals surface area contributed by atoms with Gasteiger partial charge in [0, 0.05) is 58.2 Å². The van der Waals surface area contributed by atoms with E-state index in [0.29, 0.717) is 0 Å². The fraction of sp³-hybridized carbons (Fsp3) is 0.0455. The molecule has 7 aromatic rings. The minimum Gasteiger partial charge on any atom is -0.334 e. The number of hydrogen-bond donors (Lipinski definition) is 0. The van der Waals surface area contributed by atoms with Gasteiger partial charge in [0.1, 0.15) is 0 Å². The fourth-order valence-electron chi connectivity index (χ4n) is 6.22. The normalized spacial score (nSPS) is 11.9. The number of fused-ring (bicyclic) bond motifs is 2. The molecule has 0 saturated heterocycles. The summed E-state index contributed by atoms with van der Waals surface area (Å²) in [7, 11) is 0. The summed E-state index contributed by atoms with van der Waals surface area (Å²) in [5.41, 5.74) is 10.8. The molecule has 0 aliphatic rings. The van der Waals surface area contributed by atoms with Crippen molar-refractivity contribution >= 4 is 51.5 Å². The smallest absolute Gasteiger partial charge is 0.0708 e. The summed E-state index contributed by atoms with van der Waals surface area (Å²) in [6, 6.07) is 40.6. The SMILES string of the molecule is C=Cc1cc(-c2ccc(N(c3ccc(-c4ccc5cccnc5c4)cc3)C(C=C)C/C=C/c3ccc4cccnc4c3)cc2)cn1C=C. The van der Waals surface area contributed by atoms with Crippen molar-refractivity contribution in [3.8, 4) is 22.3 Å². The van der Waals surface area contributed by atoms with E-state index >= 15 is 0 Å². The highest BCUT2D eigenvalue weighted by molar-refractivity contribution is 5.85. The first-order chi connectivity index (χ1) is 23.6. The van der Waals surface area contributed by atoms with Crippen LogP contribution >= 0.6 is 0 Å². The van der Waals surface area contributed by atoms with Gasteiger partial charge in [0.15, 0.2) is 0 Å². The van der Waals surface area contributed by atoms with Gasteiger partial charge in [-0.05, 0) is 89.3 Å². The van der Waals surface area contributed by atoms with E-state index in [4.69, 9.17) is 0 Å². The molecule has 0 fully saturated rings. The summed E-state index contributed by atoms with van der Waals surface area (Å²) in [6.07, 6.45) is 16.6. The molecule has 232 valence electrons. The molecule has 0 spiro atoms. The van der Waals surface area contributed by atoms with Crippen LogP contribution in [0.3, 0.4) is 0 Å². The zero-order valence-corrected chi connectivity index (χ0v) is 26.8. The quantitative estimate of drug-likeness (QED) is 0.135. The van der Waals surface area contributed by atoms with Crippen molar-refractivity contribution in [2.24, 2.45) is 0 Å². The summed E-state index contributed by atoms with van der Waals surface area (Å²) >= 11 is 0. The number of hydrogen-bond acceptors (Lipinski definition) is 3. The summed E-state index contributed by atoms with van der Waals surface area (Å²) in [6.45, 7) is 12.2. The largest absolute Gasteiger partial charge is 0.334 e. The Bertz CT molecular complexity index is 2250. The van der Waals surface area contributed by atoms with Crippen molar-refractivity contribution < 1.29 is 0 Å². The number of pyridine rings is 2. The van der Waals surface area contributed by atoms with E-state index in [-0.39, 0.29) is 6.04 Å². The highest BCUT2D eigenvalue weighted by Gasteiger charge is 2.18. The zero-order valence-electron chi connectivity index (χ0n) is 26.8. The molecule has 0 saturated carbocycles. The number of anilines is 2. The molecule has 3 aromatic heterocycles. The molecule has 7 rings (SSSR count). The third-order valence-corrected chi connectivity index (χ3v) is 8.77. The van der Waals surface area contributed by atoms with Crippen LogP contribution in [0.5, 0.6) is 0 Å². The Morgan fingerprint density at radius 2 is 1.25 bits per heavy atom. The second-order valence-electron chi connectivity index (χ2n) is 11.7. The molecule has 1 unspecified atom stereocenters. The maximum atomic E-state index is 4.56. The molecule has 3 heterocycles. The lowest BCUT2D eigenvalue weighted by Crippen LogP contribution is -2.28. The van der Waals surface area contributed by atoms with Gasteiger partial charge in [-0.1, -0.05) is 92.0 Å². The summed E-state index contributed by atoms with van der Waals surface area (Å²) < 4.78 is 1.99. The molecule has 0 aliphatic carbocycles. The van der Waals surface area contributed by atoms with Crippen molar-refractivity contribution in [2.45, 2.75) is 12.5 Å². The Hall–Kier alpha value is -6.26. The summed E-state index contributed by atoms with van der Waals surface area (Å²) in [5.74, 6) is 0. The molecule has 4 aromatic carbocycles. The molecule has 0 aliphatic heterocycles. The monoisotopic (exact) mass is 620 g/mol. The van der Waals surface area contributed by atoms with Gasteiger partial charge in [-0.25, -0.2) is 0 Å². The summed E-state index contributed by atoms with van der Waals surface area (Å²) in [4.78, 5) is 11.4. The average Bonchev–Trinajstić information content (AvgIpc) is 3.58. The van der Waals surface area contributed by atoms with Crippen LogP contribution < -0.4 is 4.90 Å². The Balaban J connectivity index is 1.21. The summed E-state index contributed by atoms with van der Waals surface area (Å²) in [5, 5.41) is 2.27. The Labute approximate surface area is 282 Å². The van der Waals surface area contributed by atoms with Gasteiger partial charge in [0.05, 0.1) is 17.1 Å². The molecular formula is C44H36N4. The molecule has 4 heteroatoms. The first-order valence-electron chi connectivity index (χ1n) is 16.1. The highest BCUT2D eigenvalue weighted by atomic mass is 15.2. The second-order valence-corrected chi connectivity index (χ2v) is 11.7. The maximum absolute atomic E-state index is 4.56. The average molecular weight is 621 g/mol. The predicted molar refractivity (Wildman–Crippen MR) is 205 cm³/mol. The van der Waals surface area contributed by atoms with Crippen LogP contribution in [0.15, 0.2) is 166 Å². The van der Waals surface area contributed by atoms with Crippen LogP contribution in [-0.2, 0) is 0 Å². The molecule has 0 N–H and O–H groups in total. The van der Waals surface area contributed by atoms with Crippen LogP contribution in [0.2, 0.25) is 0 Å². The Kier molecular flexibility index (Phi) is 8.62. The van der Waals surface area contributed by atoms with Crippen LogP contribution in [0.1, 0.15) is 17.7 Å². The van der Waals surface area contributed by atoms with Gasteiger partial charge in [-0.3, -0.25) is 9.97 Å². The topological polar surface area (TPSA) is 34.0 Å². The van der Waals surface area contributed by atoms with Crippen LogP contribution in [-0.4, -0.2) is 20.6 Å². The molecule has 0 bridgehead atoms. The highest BCUT2D eigenvalue weighted by Crippen LogP contribution is 2.34. The number of benzene rings is 4. The molecule has 0 radical (unpaired) electrons. The van der Waals surface area contributed by atoms with Gasteiger partial charge in [-0.2, -0.15) is 0 Å². The van der Waals surface area contributed by atoms with E-state index in [1.807, 2.05) is 41.2 Å². The van der Waals surface area contributed by atoms with Gasteiger partial charge in [0.2, 0.25) is 0 Å². The van der Waals surface area contributed by atoms with Crippen molar-refractivity contribution in [3.63, 3.8) is 0 Å². The van der Waals surface area contributed by atoms with Gasteiger partial charge < -0.3 is 9.47 Å². The zero-order chi connectivity index (χ0) is 32.9. The third kappa shape index (κ3) is 6.24. The molecule has 0 amide bonds. The standard InChI is InChI=1S/C44H36N4/c1-4-39(13-7-10-32-14-15-35-11-8-26-45-43(35)28-32)48(42-24-20-34(21-25-42)38-29-40(5-2)47(6-3)31-38)41-22-18-33(19-23-41)37-17-16-36-12-9-27-46-44(36)30-37/h4-12,14-31,39H,1-3,13H2/b10-7+. The molecule has 48 heavy (non-hydrogen) atoms.